The third kappa shape index (κ3) is 3.63. The van der Waals surface area contributed by atoms with Crippen molar-refractivity contribution < 1.29 is 23.5 Å². The SMILES string of the molecule is O=C(C1=C(O)C(=O)N(c2nnc(SCc3ccccc3)s2)[C@@H]1c1ccco1)c1ccco1. The second kappa shape index (κ2) is 8.48. The molecule has 10 heteroatoms. The van der Waals surface area contributed by atoms with Gasteiger partial charge in [0.05, 0.1) is 18.1 Å². The zero-order chi connectivity index (χ0) is 22.1. The van der Waals surface area contributed by atoms with Crippen LogP contribution in [0.5, 0.6) is 0 Å². The topological polar surface area (TPSA) is 110 Å². The highest BCUT2D eigenvalue weighted by molar-refractivity contribution is 8.00. The summed E-state index contributed by atoms with van der Waals surface area (Å²) in [4.78, 5) is 27.3. The van der Waals surface area contributed by atoms with Crippen molar-refractivity contribution in [1.82, 2.24) is 10.2 Å². The Labute approximate surface area is 190 Å². The lowest BCUT2D eigenvalue weighted by molar-refractivity contribution is -0.117. The van der Waals surface area contributed by atoms with E-state index in [0.717, 1.165) is 5.56 Å². The molecular weight excluding hydrogens is 450 g/mol. The number of anilines is 1. The van der Waals surface area contributed by atoms with Crippen molar-refractivity contribution in [2.45, 2.75) is 16.1 Å². The first kappa shape index (κ1) is 20.3. The molecule has 3 aromatic heterocycles. The minimum atomic E-state index is -0.991. The Morgan fingerprint density at radius 1 is 1.06 bits per heavy atom. The van der Waals surface area contributed by atoms with E-state index >= 15 is 0 Å². The molecule has 0 aliphatic carbocycles. The molecule has 1 aliphatic rings. The van der Waals surface area contributed by atoms with Crippen molar-refractivity contribution in [2.75, 3.05) is 4.90 Å². The Kier molecular flexibility index (Phi) is 5.38. The number of aromatic nitrogens is 2. The molecule has 32 heavy (non-hydrogen) atoms. The second-order valence-corrected chi connectivity index (χ2v) is 8.97. The van der Waals surface area contributed by atoms with E-state index in [1.165, 1.54) is 46.6 Å². The van der Waals surface area contributed by atoms with Crippen LogP contribution >= 0.6 is 23.1 Å². The van der Waals surface area contributed by atoms with Crippen molar-refractivity contribution in [3.05, 3.63) is 95.5 Å². The molecule has 0 radical (unpaired) electrons. The Balaban J connectivity index is 1.47. The number of thioether (sulfide) groups is 1. The van der Waals surface area contributed by atoms with E-state index in [9.17, 15) is 14.7 Å². The Morgan fingerprint density at radius 3 is 2.56 bits per heavy atom. The average Bonchev–Trinajstić information content (AvgIpc) is 3.61. The molecule has 1 aliphatic heterocycles. The van der Waals surface area contributed by atoms with Crippen molar-refractivity contribution in [2.24, 2.45) is 0 Å². The van der Waals surface area contributed by atoms with E-state index in [1.54, 1.807) is 18.2 Å². The van der Waals surface area contributed by atoms with Gasteiger partial charge in [0.1, 0.15) is 11.8 Å². The summed E-state index contributed by atoms with van der Waals surface area (Å²) in [5.41, 5.74) is 0.999. The van der Waals surface area contributed by atoms with Crippen LogP contribution in [0.4, 0.5) is 5.13 Å². The molecule has 8 nitrogen and oxygen atoms in total. The lowest BCUT2D eigenvalue weighted by Crippen LogP contribution is -2.30. The number of aliphatic hydroxyl groups excluding tert-OH is 1. The van der Waals surface area contributed by atoms with E-state index in [1.807, 2.05) is 30.3 Å². The molecule has 4 heterocycles. The molecule has 1 N–H and O–H groups in total. The highest BCUT2D eigenvalue weighted by Gasteiger charge is 2.48. The Bertz CT molecular complexity index is 1280. The maximum atomic E-state index is 13.0. The van der Waals surface area contributed by atoms with Crippen LogP contribution in [-0.4, -0.2) is 27.0 Å². The standard InChI is InChI=1S/C22H15N3O5S2/c26-18(15-9-5-11-30-15)16-17(14-8-4-10-29-14)25(20(28)19(16)27)21-23-24-22(32-21)31-12-13-6-2-1-3-7-13/h1-11,17,27H,12H2/t17-/m1/s1. The zero-order valence-electron chi connectivity index (χ0n) is 16.4. The Morgan fingerprint density at radius 2 is 1.84 bits per heavy atom. The van der Waals surface area contributed by atoms with E-state index < -0.39 is 23.5 Å². The largest absolute Gasteiger partial charge is 0.503 e. The van der Waals surface area contributed by atoms with E-state index in [4.69, 9.17) is 8.83 Å². The van der Waals surface area contributed by atoms with Crippen LogP contribution in [0.15, 0.2) is 91.6 Å². The van der Waals surface area contributed by atoms with E-state index in [2.05, 4.69) is 10.2 Å². The van der Waals surface area contributed by atoms with Crippen LogP contribution in [0.25, 0.3) is 0 Å². The molecule has 160 valence electrons. The van der Waals surface area contributed by atoms with Crippen molar-refractivity contribution in [3.8, 4) is 0 Å². The fraction of sp³-hybridized carbons (Fsp3) is 0.0909. The van der Waals surface area contributed by atoms with Gasteiger partial charge in [-0.25, -0.2) is 0 Å². The number of ketones is 1. The predicted molar refractivity (Wildman–Crippen MR) is 118 cm³/mol. The highest BCUT2D eigenvalue weighted by Crippen LogP contribution is 2.44. The van der Waals surface area contributed by atoms with Gasteiger partial charge in [-0.15, -0.1) is 10.2 Å². The molecule has 1 atom stereocenters. The quantitative estimate of drug-likeness (QED) is 0.235. The summed E-state index contributed by atoms with van der Waals surface area (Å²) >= 11 is 2.68. The van der Waals surface area contributed by atoms with Gasteiger partial charge in [0.25, 0.3) is 5.91 Å². The molecule has 1 aromatic carbocycles. The minimum Gasteiger partial charge on any atom is -0.503 e. The molecule has 5 rings (SSSR count). The number of hydrogen-bond donors (Lipinski definition) is 1. The maximum Gasteiger partial charge on any atom is 0.296 e. The van der Waals surface area contributed by atoms with Crippen LogP contribution in [0, 0.1) is 0 Å². The summed E-state index contributed by atoms with van der Waals surface area (Å²) in [7, 11) is 0. The fourth-order valence-electron chi connectivity index (χ4n) is 3.37. The van der Waals surface area contributed by atoms with Crippen molar-refractivity contribution in [1.29, 1.82) is 0 Å². The zero-order valence-corrected chi connectivity index (χ0v) is 18.0. The number of benzene rings is 1. The summed E-state index contributed by atoms with van der Waals surface area (Å²) in [6.07, 6.45) is 2.78. The number of rotatable bonds is 7. The van der Waals surface area contributed by atoms with Gasteiger partial charge in [0.15, 0.2) is 15.9 Å². The molecule has 0 saturated heterocycles. The third-order valence-electron chi connectivity index (χ3n) is 4.82. The van der Waals surface area contributed by atoms with Gasteiger partial charge in [-0.3, -0.25) is 14.5 Å². The van der Waals surface area contributed by atoms with Crippen LogP contribution in [0.3, 0.4) is 0 Å². The maximum absolute atomic E-state index is 13.0. The lowest BCUT2D eigenvalue weighted by atomic mass is 10.00. The molecule has 0 fully saturated rings. The van der Waals surface area contributed by atoms with Gasteiger partial charge in [-0.1, -0.05) is 53.4 Å². The third-order valence-corrected chi connectivity index (χ3v) is 6.94. The predicted octanol–water partition coefficient (Wildman–Crippen LogP) is 4.80. The summed E-state index contributed by atoms with van der Waals surface area (Å²) in [5.74, 6) is -1.01. The van der Waals surface area contributed by atoms with Gasteiger partial charge >= 0.3 is 0 Å². The van der Waals surface area contributed by atoms with Crippen LogP contribution in [0.2, 0.25) is 0 Å². The first-order valence-corrected chi connectivity index (χ1v) is 11.3. The van der Waals surface area contributed by atoms with Gasteiger partial charge in [-0.05, 0) is 29.8 Å². The molecule has 0 saturated carbocycles. The minimum absolute atomic E-state index is 0.00845. The van der Waals surface area contributed by atoms with Crippen molar-refractivity contribution >= 4 is 39.9 Å². The summed E-state index contributed by atoms with van der Waals surface area (Å²) < 4.78 is 11.3. The Hall–Kier alpha value is -3.63. The van der Waals surface area contributed by atoms with Crippen LogP contribution < -0.4 is 4.90 Å². The molecule has 0 spiro atoms. The smallest absolute Gasteiger partial charge is 0.296 e. The molecule has 4 aromatic rings. The van der Waals surface area contributed by atoms with Gasteiger partial charge in [0.2, 0.25) is 10.9 Å². The molecule has 0 unspecified atom stereocenters. The average molecular weight is 466 g/mol. The number of amides is 1. The first-order chi connectivity index (χ1) is 15.6. The van der Waals surface area contributed by atoms with E-state index in [0.29, 0.717) is 15.9 Å². The summed E-state index contributed by atoms with van der Waals surface area (Å²) in [6.45, 7) is 0. The second-order valence-electron chi connectivity index (χ2n) is 6.79. The summed E-state index contributed by atoms with van der Waals surface area (Å²) in [5, 5.41) is 19.2. The number of hydrogen-bond acceptors (Lipinski definition) is 9. The number of nitrogens with zero attached hydrogens (tertiary/aromatic N) is 3. The molecule has 0 bridgehead atoms. The van der Waals surface area contributed by atoms with Gasteiger partial charge in [0, 0.05) is 5.75 Å². The number of aliphatic hydroxyl groups is 1. The number of carbonyl (C=O) groups is 2. The lowest BCUT2D eigenvalue weighted by Gasteiger charge is -2.21. The monoisotopic (exact) mass is 465 g/mol. The van der Waals surface area contributed by atoms with Crippen molar-refractivity contribution in [3.63, 3.8) is 0 Å². The molecule has 1 amide bonds. The highest BCUT2D eigenvalue weighted by atomic mass is 32.2. The summed E-state index contributed by atoms with van der Waals surface area (Å²) in [6, 6.07) is 15.2. The number of furan rings is 2. The van der Waals surface area contributed by atoms with E-state index in [-0.39, 0.29) is 16.5 Å². The van der Waals surface area contributed by atoms with Crippen LogP contribution in [0.1, 0.15) is 27.9 Å². The number of carbonyl (C=O) groups excluding carboxylic acids is 2. The first-order valence-electron chi connectivity index (χ1n) is 9.52. The van der Waals surface area contributed by atoms with Crippen LogP contribution in [-0.2, 0) is 10.5 Å². The number of Topliss-reactive ketones (excluding diaryl/α,β-unsaturated/α-hetero) is 1. The van der Waals surface area contributed by atoms with Gasteiger partial charge in [-0.2, -0.15) is 0 Å². The molecular formula is C22H15N3O5S2. The van der Waals surface area contributed by atoms with Gasteiger partial charge < -0.3 is 13.9 Å². The normalized spacial score (nSPS) is 16.2. The fourth-order valence-corrected chi connectivity index (χ4v) is 5.19.